The Kier molecular flexibility index (Phi) is 5.84. The molecule has 3 aromatic carbocycles. The van der Waals surface area contributed by atoms with E-state index in [4.69, 9.17) is 0 Å². The minimum atomic E-state index is -4.20. The van der Waals surface area contributed by atoms with Crippen molar-refractivity contribution >= 4 is 27.3 Å². The van der Waals surface area contributed by atoms with Crippen LogP contribution in [0.1, 0.15) is 15.9 Å². The van der Waals surface area contributed by atoms with Crippen LogP contribution in [0.4, 0.5) is 20.2 Å². The molecule has 2 N–H and O–H groups in total. The number of amides is 1. The number of nitrogens with zero attached hydrogens (tertiary/aromatic N) is 4. The highest BCUT2D eigenvalue weighted by Crippen LogP contribution is 2.23. The van der Waals surface area contributed by atoms with Crippen LogP contribution in [0.3, 0.4) is 0 Å². The number of halogens is 2. The molecule has 1 heterocycles. The Morgan fingerprint density at radius 3 is 2.45 bits per heavy atom. The van der Waals surface area contributed by atoms with Crippen LogP contribution in [-0.4, -0.2) is 34.5 Å². The van der Waals surface area contributed by atoms with Crippen LogP contribution in [0.25, 0.3) is 5.69 Å². The maximum atomic E-state index is 14.3. The maximum Gasteiger partial charge on any atom is 0.262 e. The molecule has 1 amide bonds. The Bertz CT molecular complexity index is 1440. The normalized spacial score (nSPS) is 11.2. The van der Waals surface area contributed by atoms with Crippen molar-refractivity contribution in [1.82, 2.24) is 20.2 Å². The molecule has 4 aromatic rings. The summed E-state index contributed by atoms with van der Waals surface area (Å²) in [6.07, 6.45) is 1.31. The van der Waals surface area contributed by atoms with Gasteiger partial charge in [0.15, 0.2) is 0 Å². The fourth-order valence-corrected chi connectivity index (χ4v) is 4.07. The summed E-state index contributed by atoms with van der Waals surface area (Å²) >= 11 is 0. The van der Waals surface area contributed by atoms with Crippen molar-refractivity contribution in [2.24, 2.45) is 0 Å². The molecule has 168 valence electrons. The lowest BCUT2D eigenvalue weighted by atomic mass is 10.1. The minimum Gasteiger partial charge on any atom is -0.319 e. The number of para-hydroxylation sites is 1. The van der Waals surface area contributed by atoms with Gasteiger partial charge in [-0.2, -0.15) is 0 Å². The summed E-state index contributed by atoms with van der Waals surface area (Å²) in [5, 5.41) is 13.2. The van der Waals surface area contributed by atoms with E-state index >= 15 is 0 Å². The van der Waals surface area contributed by atoms with Gasteiger partial charge in [-0.25, -0.2) is 21.9 Å². The van der Waals surface area contributed by atoms with Gasteiger partial charge in [0, 0.05) is 5.56 Å². The van der Waals surface area contributed by atoms with E-state index in [1.807, 2.05) is 0 Å². The molecule has 12 heteroatoms. The van der Waals surface area contributed by atoms with E-state index in [0.717, 1.165) is 18.2 Å². The van der Waals surface area contributed by atoms with Gasteiger partial charge in [-0.05, 0) is 65.4 Å². The summed E-state index contributed by atoms with van der Waals surface area (Å²) in [5.41, 5.74) is 0.475. The van der Waals surface area contributed by atoms with Crippen molar-refractivity contribution in [3.8, 4) is 5.69 Å². The highest BCUT2D eigenvalue weighted by Gasteiger charge is 2.20. The number of carbonyl (C=O) groups excluding carboxylic acids is 1. The number of benzene rings is 3. The molecule has 0 atom stereocenters. The first-order valence-electron chi connectivity index (χ1n) is 9.47. The molecule has 0 spiro atoms. The first-order valence-corrected chi connectivity index (χ1v) is 11.0. The SMILES string of the molecule is Cc1ccc(S(=O)(=O)Nc2ccccc2F)cc1C(=O)Nc1cc(-n2cnnn2)ccc1F. The molecule has 1 aromatic heterocycles. The number of aromatic nitrogens is 4. The van der Waals surface area contributed by atoms with Gasteiger partial charge in [-0.15, -0.1) is 5.10 Å². The number of hydrogen-bond donors (Lipinski definition) is 2. The molecule has 0 aliphatic carbocycles. The highest BCUT2D eigenvalue weighted by molar-refractivity contribution is 7.92. The van der Waals surface area contributed by atoms with Crippen molar-refractivity contribution in [3.05, 3.63) is 89.8 Å². The van der Waals surface area contributed by atoms with E-state index < -0.39 is 27.6 Å². The van der Waals surface area contributed by atoms with Gasteiger partial charge in [-0.3, -0.25) is 9.52 Å². The van der Waals surface area contributed by atoms with Gasteiger partial charge < -0.3 is 5.32 Å². The zero-order chi connectivity index (χ0) is 23.6. The average molecular weight is 470 g/mol. The molecular weight excluding hydrogens is 454 g/mol. The van der Waals surface area contributed by atoms with Gasteiger partial charge in [0.1, 0.15) is 18.0 Å². The molecule has 0 fully saturated rings. The molecule has 9 nitrogen and oxygen atoms in total. The lowest BCUT2D eigenvalue weighted by Gasteiger charge is -2.13. The minimum absolute atomic E-state index is 0.00126. The van der Waals surface area contributed by atoms with Crippen molar-refractivity contribution in [1.29, 1.82) is 0 Å². The molecule has 0 unspecified atom stereocenters. The monoisotopic (exact) mass is 470 g/mol. The lowest BCUT2D eigenvalue weighted by Crippen LogP contribution is -2.18. The number of sulfonamides is 1. The Labute approximate surface area is 187 Å². The topological polar surface area (TPSA) is 119 Å². The summed E-state index contributed by atoms with van der Waals surface area (Å²) in [6.45, 7) is 1.60. The van der Waals surface area contributed by atoms with Gasteiger partial charge in [0.2, 0.25) is 0 Å². The quantitative estimate of drug-likeness (QED) is 0.446. The summed E-state index contributed by atoms with van der Waals surface area (Å²) < 4.78 is 57.1. The molecular formula is C21H16F2N6O3S. The van der Waals surface area contributed by atoms with Crippen molar-refractivity contribution in [2.75, 3.05) is 10.0 Å². The molecule has 0 bridgehead atoms. The second-order valence-corrected chi connectivity index (χ2v) is 8.62. The van der Waals surface area contributed by atoms with E-state index in [1.165, 1.54) is 53.5 Å². The first-order chi connectivity index (χ1) is 15.7. The van der Waals surface area contributed by atoms with Crippen LogP contribution in [-0.2, 0) is 10.0 Å². The Morgan fingerprint density at radius 2 is 1.73 bits per heavy atom. The predicted octanol–water partition coefficient (Wildman–Crippen LogP) is 3.30. The Morgan fingerprint density at radius 1 is 0.970 bits per heavy atom. The second kappa shape index (κ2) is 8.74. The van der Waals surface area contributed by atoms with Gasteiger partial charge in [-0.1, -0.05) is 18.2 Å². The summed E-state index contributed by atoms with van der Waals surface area (Å²) in [5.74, 6) is -2.19. The van der Waals surface area contributed by atoms with E-state index in [0.29, 0.717) is 11.3 Å². The van der Waals surface area contributed by atoms with Gasteiger partial charge in [0.05, 0.1) is 22.0 Å². The number of rotatable bonds is 6. The molecule has 33 heavy (non-hydrogen) atoms. The third kappa shape index (κ3) is 4.70. The first kappa shape index (κ1) is 22.0. The predicted molar refractivity (Wildman–Crippen MR) is 115 cm³/mol. The molecule has 0 saturated heterocycles. The van der Waals surface area contributed by atoms with Crippen LogP contribution >= 0.6 is 0 Å². The van der Waals surface area contributed by atoms with Crippen LogP contribution in [0.5, 0.6) is 0 Å². The molecule has 0 saturated carbocycles. The molecule has 4 rings (SSSR count). The molecule has 0 radical (unpaired) electrons. The number of tetrazole rings is 1. The third-order valence-corrected chi connectivity index (χ3v) is 6.06. The Hall–Kier alpha value is -4.19. The molecule has 0 aliphatic rings. The summed E-state index contributed by atoms with van der Waals surface area (Å²) in [4.78, 5) is 12.6. The maximum absolute atomic E-state index is 14.3. The van der Waals surface area contributed by atoms with E-state index in [1.54, 1.807) is 6.92 Å². The standard InChI is InChI=1S/C21H16F2N6O3S/c1-13-6-8-15(33(31,32)26-19-5-3-2-4-17(19)22)11-16(13)21(30)25-20-10-14(7-9-18(20)23)29-12-24-27-28-29/h2-12,26H,1H3,(H,25,30). The number of anilines is 2. The number of hydrogen-bond acceptors (Lipinski definition) is 6. The summed E-state index contributed by atoms with van der Waals surface area (Å²) in [6, 6.07) is 13.0. The number of aryl methyl sites for hydroxylation is 1. The number of carbonyl (C=O) groups is 1. The van der Waals surface area contributed by atoms with E-state index in [-0.39, 0.29) is 21.8 Å². The van der Waals surface area contributed by atoms with Crippen LogP contribution in [0.15, 0.2) is 71.9 Å². The zero-order valence-corrected chi connectivity index (χ0v) is 17.8. The van der Waals surface area contributed by atoms with Crippen LogP contribution in [0.2, 0.25) is 0 Å². The summed E-state index contributed by atoms with van der Waals surface area (Å²) in [7, 11) is -4.20. The smallest absolute Gasteiger partial charge is 0.262 e. The highest BCUT2D eigenvalue weighted by atomic mass is 32.2. The van der Waals surface area contributed by atoms with Crippen molar-refractivity contribution in [2.45, 2.75) is 11.8 Å². The van der Waals surface area contributed by atoms with Crippen LogP contribution in [0, 0.1) is 18.6 Å². The fourth-order valence-electron chi connectivity index (χ4n) is 2.98. The molecule has 0 aliphatic heterocycles. The van der Waals surface area contributed by atoms with Gasteiger partial charge >= 0.3 is 0 Å². The lowest BCUT2D eigenvalue weighted by molar-refractivity contribution is 0.102. The average Bonchev–Trinajstić information content (AvgIpc) is 3.32. The zero-order valence-electron chi connectivity index (χ0n) is 17.0. The largest absolute Gasteiger partial charge is 0.319 e. The van der Waals surface area contributed by atoms with Crippen molar-refractivity contribution in [3.63, 3.8) is 0 Å². The van der Waals surface area contributed by atoms with Crippen molar-refractivity contribution < 1.29 is 22.0 Å². The Balaban J connectivity index is 1.62. The number of nitrogens with one attached hydrogen (secondary N) is 2. The van der Waals surface area contributed by atoms with Crippen LogP contribution < -0.4 is 10.0 Å². The second-order valence-electron chi connectivity index (χ2n) is 6.93. The van der Waals surface area contributed by atoms with E-state index in [9.17, 15) is 22.0 Å². The third-order valence-electron chi connectivity index (χ3n) is 4.69. The van der Waals surface area contributed by atoms with Gasteiger partial charge in [0.25, 0.3) is 15.9 Å². The fraction of sp³-hybridized carbons (Fsp3) is 0.0476. The van der Waals surface area contributed by atoms with E-state index in [2.05, 4.69) is 25.6 Å².